The SMILES string of the molecule is O=C(Nc1ccccc1-c1csc(-c2ccccc2F)n1)c1ccc(I)cc1. The Morgan fingerprint density at radius 2 is 1.61 bits per heavy atom. The zero-order valence-corrected chi connectivity index (χ0v) is 17.5. The molecule has 1 heterocycles. The van der Waals surface area contributed by atoms with Gasteiger partial charge in [-0.25, -0.2) is 9.37 Å². The molecule has 0 bridgehead atoms. The fourth-order valence-electron chi connectivity index (χ4n) is 2.77. The quantitative estimate of drug-likeness (QED) is 0.327. The van der Waals surface area contributed by atoms with Gasteiger partial charge in [0.05, 0.1) is 11.4 Å². The Morgan fingerprint density at radius 3 is 2.36 bits per heavy atom. The van der Waals surface area contributed by atoms with Crippen LogP contribution in [0.4, 0.5) is 10.1 Å². The molecule has 1 amide bonds. The number of benzene rings is 3. The first-order valence-corrected chi connectivity index (χ1v) is 10.4. The van der Waals surface area contributed by atoms with E-state index in [0.717, 1.165) is 9.13 Å². The molecular formula is C22H14FIN2OS. The van der Waals surface area contributed by atoms with E-state index in [2.05, 4.69) is 32.9 Å². The molecule has 1 aromatic heterocycles. The van der Waals surface area contributed by atoms with E-state index in [0.29, 0.717) is 27.5 Å². The Hall–Kier alpha value is -2.58. The van der Waals surface area contributed by atoms with Gasteiger partial charge >= 0.3 is 0 Å². The summed E-state index contributed by atoms with van der Waals surface area (Å²) in [5.41, 5.74) is 3.21. The molecule has 0 aliphatic heterocycles. The third-order valence-corrected chi connectivity index (χ3v) is 5.76. The molecule has 0 aliphatic carbocycles. The summed E-state index contributed by atoms with van der Waals surface area (Å²) in [4.78, 5) is 17.2. The van der Waals surface area contributed by atoms with Crippen molar-refractivity contribution >= 4 is 45.5 Å². The maximum Gasteiger partial charge on any atom is 0.255 e. The molecule has 3 nitrogen and oxygen atoms in total. The molecular weight excluding hydrogens is 486 g/mol. The minimum absolute atomic E-state index is 0.187. The second kappa shape index (κ2) is 8.20. The molecule has 3 aromatic carbocycles. The number of para-hydroxylation sites is 1. The van der Waals surface area contributed by atoms with E-state index in [1.807, 2.05) is 41.8 Å². The van der Waals surface area contributed by atoms with Crippen molar-refractivity contribution in [2.24, 2.45) is 0 Å². The van der Waals surface area contributed by atoms with Crippen LogP contribution >= 0.6 is 33.9 Å². The molecule has 138 valence electrons. The van der Waals surface area contributed by atoms with Gasteiger partial charge in [-0.1, -0.05) is 30.3 Å². The van der Waals surface area contributed by atoms with E-state index < -0.39 is 0 Å². The number of amides is 1. The average molecular weight is 500 g/mol. The molecule has 0 saturated carbocycles. The van der Waals surface area contributed by atoms with E-state index in [1.165, 1.54) is 17.4 Å². The third-order valence-electron chi connectivity index (χ3n) is 4.17. The van der Waals surface area contributed by atoms with E-state index in [4.69, 9.17) is 0 Å². The second-order valence-corrected chi connectivity index (χ2v) is 8.13. The molecule has 0 unspecified atom stereocenters. The van der Waals surface area contributed by atoms with Crippen LogP contribution in [0.15, 0.2) is 78.2 Å². The van der Waals surface area contributed by atoms with Crippen molar-refractivity contribution in [3.05, 3.63) is 93.1 Å². The van der Waals surface area contributed by atoms with Gasteiger partial charge in [0.1, 0.15) is 10.8 Å². The lowest BCUT2D eigenvalue weighted by molar-refractivity contribution is 0.102. The van der Waals surface area contributed by atoms with Gasteiger partial charge < -0.3 is 5.32 Å². The largest absolute Gasteiger partial charge is 0.321 e. The number of hydrogen-bond acceptors (Lipinski definition) is 3. The van der Waals surface area contributed by atoms with E-state index >= 15 is 0 Å². The summed E-state index contributed by atoms with van der Waals surface area (Å²) < 4.78 is 15.1. The lowest BCUT2D eigenvalue weighted by Crippen LogP contribution is -2.12. The smallest absolute Gasteiger partial charge is 0.255 e. The topological polar surface area (TPSA) is 42.0 Å². The number of nitrogens with one attached hydrogen (secondary N) is 1. The standard InChI is InChI=1S/C22H14FIN2OS/c23-18-7-3-1-5-16(18)22-26-20(13-28-22)17-6-2-4-8-19(17)25-21(27)14-9-11-15(24)12-10-14/h1-13H,(H,25,27). The maximum atomic E-state index is 14.1. The number of halogens is 2. The first-order chi connectivity index (χ1) is 13.6. The Kier molecular flexibility index (Phi) is 5.50. The number of anilines is 1. The Balaban J connectivity index is 1.64. The molecule has 0 atom stereocenters. The molecule has 0 spiro atoms. The normalized spacial score (nSPS) is 10.6. The summed E-state index contributed by atoms with van der Waals surface area (Å²) in [5.74, 6) is -0.489. The number of nitrogens with zero attached hydrogens (tertiary/aromatic N) is 1. The van der Waals surface area contributed by atoms with Crippen molar-refractivity contribution in [1.82, 2.24) is 4.98 Å². The highest BCUT2D eigenvalue weighted by molar-refractivity contribution is 14.1. The van der Waals surface area contributed by atoms with Crippen molar-refractivity contribution in [2.75, 3.05) is 5.32 Å². The lowest BCUT2D eigenvalue weighted by atomic mass is 10.1. The molecule has 1 N–H and O–H groups in total. The highest BCUT2D eigenvalue weighted by atomic mass is 127. The molecule has 4 aromatic rings. The summed E-state index contributed by atoms with van der Waals surface area (Å²) in [6, 6.07) is 21.4. The zero-order chi connectivity index (χ0) is 19.5. The van der Waals surface area contributed by atoms with E-state index in [9.17, 15) is 9.18 Å². The molecule has 0 radical (unpaired) electrons. The van der Waals surface area contributed by atoms with Crippen LogP contribution in [0.5, 0.6) is 0 Å². The summed E-state index contributed by atoms with van der Waals surface area (Å²) >= 11 is 3.57. The number of thiazole rings is 1. The van der Waals surface area contributed by atoms with Gasteiger partial charge in [0.15, 0.2) is 0 Å². The number of aromatic nitrogens is 1. The summed E-state index contributed by atoms with van der Waals surface area (Å²) in [5, 5.41) is 5.43. The average Bonchev–Trinajstić information content (AvgIpc) is 3.19. The van der Waals surface area contributed by atoms with Crippen molar-refractivity contribution in [2.45, 2.75) is 0 Å². The first-order valence-electron chi connectivity index (χ1n) is 8.48. The van der Waals surface area contributed by atoms with Crippen LogP contribution in [0.3, 0.4) is 0 Å². The molecule has 0 aliphatic rings. The number of hydrogen-bond donors (Lipinski definition) is 1. The van der Waals surface area contributed by atoms with Crippen molar-refractivity contribution in [3.63, 3.8) is 0 Å². The minimum Gasteiger partial charge on any atom is -0.321 e. The first kappa shape index (κ1) is 18.8. The van der Waals surface area contributed by atoms with Crippen molar-refractivity contribution in [3.8, 4) is 21.8 Å². The van der Waals surface area contributed by atoms with Gasteiger partial charge in [0, 0.05) is 25.6 Å². The second-order valence-electron chi connectivity index (χ2n) is 6.02. The predicted octanol–water partition coefficient (Wildman–Crippen LogP) is 6.47. The highest BCUT2D eigenvalue weighted by Gasteiger charge is 2.14. The van der Waals surface area contributed by atoms with Gasteiger partial charge in [-0.05, 0) is 65.1 Å². The number of rotatable bonds is 4. The van der Waals surface area contributed by atoms with E-state index in [-0.39, 0.29) is 11.7 Å². The van der Waals surface area contributed by atoms with Gasteiger partial charge in [0.25, 0.3) is 5.91 Å². The van der Waals surface area contributed by atoms with E-state index in [1.54, 1.807) is 30.3 Å². The van der Waals surface area contributed by atoms with Crippen LogP contribution in [0.2, 0.25) is 0 Å². The monoisotopic (exact) mass is 500 g/mol. The van der Waals surface area contributed by atoms with Crippen LogP contribution in [0, 0.1) is 9.39 Å². The van der Waals surface area contributed by atoms with Crippen LogP contribution < -0.4 is 5.32 Å². The van der Waals surface area contributed by atoms with Crippen molar-refractivity contribution in [1.29, 1.82) is 0 Å². The number of carbonyl (C=O) groups is 1. The van der Waals surface area contributed by atoms with Crippen LogP contribution in [0.1, 0.15) is 10.4 Å². The van der Waals surface area contributed by atoms with Gasteiger partial charge in [-0.2, -0.15) is 0 Å². The molecule has 0 saturated heterocycles. The van der Waals surface area contributed by atoms with Gasteiger partial charge in [-0.15, -0.1) is 11.3 Å². The zero-order valence-electron chi connectivity index (χ0n) is 14.5. The molecule has 6 heteroatoms. The highest BCUT2D eigenvalue weighted by Crippen LogP contribution is 2.33. The van der Waals surface area contributed by atoms with Crippen LogP contribution in [-0.4, -0.2) is 10.9 Å². The fraction of sp³-hybridized carbons (Fsp3) is 0. The molecule has 4 rings (SSSR count). The summed E-state index contributed by atoms with van der Waals surface area (Å²) in [7, 11) is 0. The predicted molar refractivity (Wildman–Crippen MR) is 120 cm³/mol. The minimum atomic E-state index is -0.302. The van der Waals surface area contributed by atoms with Gasteiger partial charge in [0.2, 0.25) is 0 Å². The van der Waals surface area contributed by atoms with Gasteiger partial charge in [-0.3, -0.25) is 4.79 Å². The molecule has 28 heavy (non-hydrogen) atoms. The fourth-order valence-corrected chi connectivity index (χ4v) is 3.97. The Morgan fingerprint density at radius 1 is 0.929 bits per heavy atom. The Bertz CT molecular complexity index is 1140. The van der Waals surface area contributed by atoms with Crippen LogP contribution in [0.25, 0.3) is 21.8 Å². The van der Waals surface area contributed by atoms with Crippen molar-refractivity contribution < 1.29 is 9.18 Å². The number of carbonyl (C=O) groups excluding carboxylic acids is 1. The summed E-state index contributed by atoms with van der Waals surface area (Å²) in [6.45, 7) is 0. The maximum absolute atomic E-state index is 14.1. The van der Waals surface area contributed by atoms with Crippen LogP contribution in [-0.2, 0) is 0 Å². The molecule has 0 fully saturated rings. The third kappa shape index (κ3) is 3.98. The summed E-state index contributed by atoms with van der Waals surface area (Å²) in [6.07, 6.45) is 0. The lowest BCUT2D eigenvalue weighted by Gasteiger charge is -2.10. The Labute approximate surface area is 179 Å².